The molecule has 2 heterocycles. The Kier molecular flexibility index (Phi) is 5.96. The molecule has 0 saturated carbocycles. The van der Waals surface area contributed by atoms with E-state index in [1.165, 1.54) is 21.7 Å². The minimum atomic E-state index is -0.402. The van der Waals surface area contributed by atoms with Gasteiger partial charge in [0.25, 0.3) is 0 Å². The average molecular weight is 553 g/mol. The molecule has 42 heavy (non-hydrogen) atoms. The normalized spacial score (nSPS) is 16.6. The number of benzene rings is 5. The maximum Gasteiger partial charge on any atom is 0.494 e. The zero-order chi connectivity index (χ0) is 29.4. The van der Waals surface area contributed by atoms with Gasteiger partial charge in [-0.05, 0) is 67.0 Å². The van der Waals surface area contributed by atoms with E-state index in [1.807, 2.05) is 0 Å². The van der Waals surface area contributed by atoms with Crippen molar-refractivity contribution >= 4 is 45.2 Å². The van der Waals surface area contributed by atoms with Gasteiger partial charge in [-0.3, -0.25) is 4.57 Å². The summed E-state index contributed by atoms with van der Waals surface area (Å²) < 4.78 is 15.0. The molecule has 0 spiro atoms. The second-order valence-electron chi connectivity index (χ2n) is 13.6. The first kappa shape index (κ1) is 26.9. The van der Waals surface area contributed by atoms with E-state index in [4.69, 9.17) is 14.3 Å². The van der Waals surface area contributed by atoms with Crippen LogP contribution in [0.1, 0.15) is 54.0 Å². The molecule has 0 radical (unpaired) electrons. The smallest absolute Gasteiger partial charge is 0.399 e. The first-order valence-corrected chi connectivity index (χ1v) is 14.8. The highest BCUT2D eigenvalue weighted by atomic mass is 16.7. The van der Waals surface area contributed by atoms with Crippen molar-refractivity contribution in [3.63, 3.8) is 0 Å². The van der Waals surface area contributed by atoms with Crippen LogP contribution in [-0.2, 0) is 14.7 Å². The molecule has 0 amide bonds. The van der Waals surface area contributed by atoms with E-state index >= 15 is 0 Å². The molecular weight excluding hydrogens is 515 g/mol. The second kappa shape index (κ2) is 9.29. The van der Waals surface area contributed by atoms with E-state index in [-0.39, 0.29) is 16.6 Å². The topological polar surface area (TPSA) is 36.3 Å². The van der Waals surface area contributed by atoms with E-state index < -0.39 is 7.12 Å². The zero-order valence-electron chi connectivity index (χ0n) is 25.5. The van der Waals surface area contributed by atoms with E-state index in [0.717, 1.165) is 39.0 Å². The SMILES string of the molecule is CC(C)(C)c1ccc(-n2c(-c3ccc(B4OC(C)(C)C(C)(C)O4)cc3)nc3c4ccccc4c4ccccc4c32)cc1. The fourth-order valence-electron chi connectivity index (χ4n) is 6.03. The number of nitrogens with zero attached hydrogens (tertiary/aromatic N) is 2. The van der Waals surface area contributed by atoms with Crippen molar-refractivity contribution in [2.75, 3.05) is 0 Å². The molecule has 1 aliphatic rings. The van der Waals surface area contributed by atoms with Gasteiger partial charge in [0.2, 0.25) is 0 Å². The predicted octanol–water partition coefficient (Wildman–Crippen LogP) is 8.60. The van der Waals surface area contributed by atoms with Crippen LogP contribution < -0.4 is 5.46 Å². The van der Waals surface area contributed by atoms with Gasteiger partial charge in [0, 0.05) is 22.0 Å². The molecule has 0 N–H and O–H groups in total. The average Bonchev–Trinajstić information content (AvgIpc) is 3.47. The Morgan fingerprint density at radius 3 is 1.74 bits per heavy atom. The second-order valence-corrected chi connectivity index (χ2v) is 13.6. The van der Waals surface area contributed by atoms with Gasteiger partial charge in [0.15, 0.2) is 0 Å². The minimum absolute atomic E-state index is 0.0740. The molecule has 1 aromatic heterocycles. The van der Waals surface area contributed by atoms with Gasteiger partial charge in [-0.15, -0.1) is 0 Å². The summed E-state index contributed by atoms with van der Waals surface area (Å²) >= 11 is 0. The molecule has 4 nitrogen and oxygen atoms in total. The Morgan fingerprint density at radius 1 is 0.643 bits per heavy atom. The molecule has 5 aromatic carbocycles. The summed E-state index contributed by atoms with van der Waals surface area (Å²) in [5, 5.41) is 4.80. The van der Waals surface area contributed by atoms with Crippen LogP contribution in [0.4, 0.5) is 0 Å². The lowest BCUT2D eigenvalue weighted by Crippen LogP contribution is -2.41. The first-order chi connectivity index (χ1) is 19.9. The summed E-state index contributed by atoms with van der Waals surface area (Å²) in [4.78, 5) is 5.38. The van der Waals surface area contributed by atoms with Crippen LogP contribution in [0.3, 0.4) is 0 Å². The van der Waals surface area contributed by atoms with E-state index in [0.29, 0.717) is 0 Å². The van der Waals surface area contributed by atoms with Crippen molar-refractivity contribution in [1.29, 1.82) is 0 Å². The number of imidazole rings is 1. The van der Waals surface area contributed by atoms with Gasteiger partial charge in [0.05, 0.1) is 22.2 Å². The summed E-state index contributed by atoms with van der Waals surface area (Å²) in [6, 6.07) is 34.7. The van der Waals surface area contributed by atoms with Crippen LogP contribution in [0.5, 0.6) is 0 Å². The maximum absolute atomic E-state index is 6.33. The van der Waals surface area contributed by atoms with E-state index in [2.05, 4.69) is 150 Å². The number of fused-ring (bicyclic) bond motifs is 6. The Labute approximate surface area is 248 Å². The third-order valence-electron chi connectivity index (χ3n) is 9.22. The molecular formula is C37H37BN2O2. The van der Waals surface area contributed by atoms with Crippen LogP contribution in [0.15, 0.2) is 97.1 Å². The van der Waals surface area contributed by atoms with Crippen molar-refractivity contribution in [1.82, 2.24) is 9.55 Å². The van der Waals surface area contributed by atoms with Crippen LogP contribution in [-0.4, -0.2) is 27.9 Å². The Balaban J connectivity index is 1.46. The summed E-state index contributed by atoms with van der Waals surface area (Å²) in [5.41, 5.74) is 5.88. The van der Waals surface area contributed by atoms with Crippen molar-refractivity contribution in [3.8, 4) is 17.1 Å². The van der Waals surface area contributed by atoms with Gasteiger partial charge >= 0.3 is 7.12 Å². The molecule has 0 atom stereocenters. The van der Waals surface area contributed by atoms with E-state index in [9.17, 15) is 0 Å². The lowest BCUT2D eigenvalue weighted by molar-refractivity contribution is 0.00578. The maximum atomic E-state index is 6.33. The standard InChI is InChI=1S/C37H37BN2O2/c1-35(2,3)25-18-22-27(23-19-25)40-33-31-15-11-9-13-29(31)28-12-8-10-14-30(28)32(33)39-34(40)24-16-20-26(21-17-24)38-41-36(4,5)37(6,7)42-38/h8-23H,1-7H3. The largest absolute Gasteiger partial charge is 0.494 e. The van der Waals surface area contributed by atoms with Gasteiger partial charge in [-0.25, -0.2) is 4.98 Å². The third kappa shape index (κ3) is 4.18. The van der Waals surface area contributed by atoms with Crippen molar-refractivity contribution in [3.05, 3.63) is 103 Å². The van der Waals surface area contributed by atoms with Gasteiger partial charge < -0.3 is 9.31 Å². The molecule has 0 bridgehead atoms. The van der Waals surface area contributed by atoms with Crippen LogP contribution >= 0.6 is 0 Å². The van der Waals surface area contributed by atoms with Gasteiger partial charge in [0.1, 0.15) is 5.82 Å². The number of aromatic nitrogens is 2. The first-order valence-electron chi connectivity index (χ1n) is 14.8. The highest BCUT2D eigenvalue weighted by Crippen LogP contribution is 2.40. The predicted molar refractivity (Wildman–Crippen MR) is 176 cm³/mol. The highest BCUT2D eigenvalue weighted by Gasteiger charge is 2.51. The molecule has 7 rings (SSSR count). The number of hydrogen-bond acceptors (Lipinski definition) is 3. The number of rotatable bonds is 3. The molecule has 0 unspecified atom stereocenters. The molecule has 6 aromatic rings. The number of hydrogen-bond donors (Lipinski definition) is 0. The monoisotopic (exact) mass is 552 g/mol. The van der Waals surface area contributed by atoms with Crippen LogP contribution in [0.25, 0.3) is 49.7 Å². The summed E-state index contributed by atoms with van der Waals surface area (Å²) in [6.45, 7) is 15.1. The quantitative estimate of drug-likeness (QED) is 0.163. The zero-order valence-corrected chi connectivity index (χ0v) is 25.5. The summed E-state index contributed by atoms with van der Waals surface area (Å²) in [7, 11) is -0.402. The van der Waals surface area contributed by atoms with Crippen LogP contribution in [0, 0.1) is 0 Å². The molecule has 1 fully saturated rings. The lowest BCUT2D eigenvalue weighted by Gasteiger charge is -2.32. The minimum Gasteiger partial charge on any atom is -0.399 e. The van der Waals surface area contributed by atoms with Crippen LogP contribution in [0.2, 0.25) is 0 Å². The molecule has 1 aliphatic heterocycles. The molecule has 210 valence electrons. The van der Waals surface area contributed by atoms with Gasteiger partial charge in [-0.1, -0.05) is 106 Å². The van der Waals surface area contributed by atoms with Crippen molar-refractivity contribution in [2.24, 2.45) is 0 Å². The van der Waals surface area contributed by atoms with E-state index in [1.54, 1.807) is 0 Å². The highest BCUT2D eigenvalue weighted by molar-refractivity contribution is 6.62. The lowest BCUT2D eigenvalue weighted by atomic mass is 9.79. The van der Waals surface area contributed by atoms with Gasteiger partial charge in [-0.2, -0.15) is 0 Å². The summed E-state index contributed by atoms with van der Waals surface area (Å²) in [5.74, 6) is 0.912. The molecule has 0 aliphatic carbocycles. The molecule has 1 saturated heterocycles. The Bertz CT molecular complexity index is 1950. The summed E-state index contributed by atoms with van der Waals surface area (Å²) in [6.07, 6.45) is 0. The van der Waals surface area contributed by atoms with Crippen molar-refractivity contribution < 1.29 is 9.31 Å². The Morgan fingerprint density at radius 2 is 1.17 bits per heavy atom. The van der Waals surface area contributed by atoms with Crippen molar-refractivity contribution in [2.45, 2.75) is 65.1 Å². The fraction of sp³-hybridized carbons (Fsp3) is 0.270. The Hall–Kier alpha value is -3.93. The third-order valence-corrected chi connectivity index (χ3v) is 9.22. The molecule has 5 heteroatoms. The fourth-order valence-corrected chi connectivity index (χ4v) is 6.03.